The first-order valence-corrected chi connectivity index (χ1v) is 8.53. The molecule has 1 rings (SSSR count). The lowest BCUT2D eigenvalue weighted by Crippen LogP contribution is -2.43. The van der Waals surface area contributed by atoms with Crippen molar-refractivity contribution >= 4 is 15.9 Å². The number of carbonyl (C=O) groups is 1. The van der Waals surface area contributed by atoms with Crippen molar-refractivity contribution in [1.82, 2.24) is 9.62 Å². The number of nitrogens with zero attached hydrogens (tertiary/aromatic N) is 1. The third kappa shape index (κ3) is 4.94. The number of hydrogen-bond donors (Lipinski definition) is 1. The fourth-order valence-electron chi connectivity index (χ4n) is 2.43. The van der Waals surface area contributed by atoms with Gasteiger partial charge in [-0.05, 0) is 19.3 Å². The van der Waals surface area contributed by atoms with Crippen molar-refractivity contribution in [2.75, 3.05) is 19.3 Å². The third-order valence-corrected chi connectivity index (χ3v) is 4.62. The maximum absolute atomic E-state index is 11.7. The van der Waals surface area contributed by atoms with Gasteiger partial charge in [-0.2, -0.15) is 4.31 Å². The van der Waals surface area contributed by atoms with E-state index in [-0.39, 0.29) is 11.9 Å². The molecule has 0 bridgehead atoms. The molecule has 0 aromatic carbocycles. The predicted octanol–water partition coefficient (Wildman–Crippen LogP) is 1.11. The van der Waals surface area contributed by atoms with Gasteiger partial charge in [-0.25, -0.2) is 8.42 Å². The van der Waals surface area contributed by atoms with Crippen molar-refractivity contribution in [1.29, 1.82) is 0 Å². The summed E-state index contributed by atoms with van der Waals surface area (Å²) in [5, 5.41) is 2.76. The summed E-state index contributed by atoms with van der Waals surface area (Å²) in [6, 6.07) is 0.128. The summed E-state index contributed by atoms with van der Waals surface area (Å²) in [5.41, 5.74) is 0. The Bertz CT molecular complexity index is 362. The molecule has 0 aromatic heterocycles. The molecular formula is C12H24N2O3S. The van der Waals surface area contributed by atoms with Crippen LogP contribution in [-0.2, 0) is 14.8 Å². The van der Waals surface area contributed by atoms with Crippen LogP contribution in [0.2, 0.25) is 0 Å². The van der Waals surface area contributed by atoms with Gasteiger partial charge in [0.05, 0.1) is 6.26 Å². The second-order valence-corrected chi connectivity index (χ2v) is 6.85. The van der Waals surface area contributed by atoms with Crippen LogP contribution in [0.4, 0.5) is 0 Å². The number of nitrogens with one attached hydrogen (secondary N) is 1. The van der Waals surface area contributed by atoms with Gasteiger partial charge < -0.3 is 5.32 Å². The van der Waals surface area contributed by atoms with Crippen LogP contribution in [0.3, 0.4) is 0 Å². The van der Waals surface area contributed by atoms with Gasteiger partial charge in [-0.15, -0.1) is 0 Å². The summed E-state index contributed by atoms with van der Waals surface area (Å²) in [6.07, 6.45) is 6.63. The summed E-state index contributed by atoms with van der Waals surface area (Å²) in [6.45, 7) is 2.74. The average Bonchev–Trinajstić information content (AvgIpc) is 2.76. The number of rotatable bonds is 7. The van der Waals surface area contributed by atoms with E-state index in [0.29, 0.717) is 19.5 Å². The first-order chi connectivity index (χ1) is 8.45. The Hall–Kier alpha value is -0.620. The minimum absolute atomic E-state index is 0.00243. The highest BCUT2D eigenvalue weighted by Gasteiger charge is 2.28. The van der Waals surface area contributed by atoms with Crippen molar-refractivity contribution < 1.29 is 13.2 Å². The quantitative estimate of drug-likeness (QED) is 0.757. The first kappa shape index (κ1) is 15.4. The van der Waals surface area contributed by atoms with Crippen LogP contribution in [0.15, 0.2) is 0 Å². The molecule has 1 saturated carbocycles. The number of amides is 1. The number of carbonyl (C=O) groups excluding carboxylic acids is 1. The van der Waals surface area contributed by atoms with E-state index in [0.717, 1.165) is 32.1 Å². The predicted molar refractivity (Wildman–Crippen MR) is 71.7 cm³/mol. The fourth-order valence-corrected chi connectivity index (χ4v) is 3.61. The molecule has 1 amide bonds. The summed E-state index contributed by atoms with van der Waals surface area (Å²) in [5.74, 6) is -0.00243. The summed E-state index contributed by atoms with van der Waals surface area (Å²) < 4.78 is 25.0. The van der Waals surface area contributed by atoms with E-state index in [1.807, 2.05) is 6.92 Å². The van der Waals surface area contributed by atoms with Crippen molar-refractivity contribution in [3.63, 3.8) is 0 Å². The molecular weight excluding hydrogens is 252 g/mol. The topological polar surface area (TPSA) is 66.5 Å². The van der Waals surface area contributed by atoms with Crippen LogP contribution in [0.25, 0.3) is 0 Å². The summed E-state index contributed by atoms with van der Waals surface area (Å²) >= 11 is 0. The molecule has 106 valence electrons. The van der Waals surface area contributed by atoms with Crippen LogP contribution in [0.5, 0.6) is 0 Å². The molecule has 0 aliphatic heterocycles. The van der Waals surface area contributed by atoms with Crippen LogP contribution < -0.4 is 5.32 Å². The Balaban J connectivity index is 2.45. The summed E-state index contributed by atoms with van der Waals surface area (Å²) in [4.78, 5) is 11.3. The molecule has 0 heterocycles. The average molecular weight is 276 g/mol. The molecule has 0 saturated heterocycles. The maximum atomic E-state index is 11.7. The van der Waals surface area contributed by atoms with Crippen molar-refractivity contribution in [2.24, 2.45) is 0 Å². The molecule has 0 radical (unpaired) electrons. The van der Waals surface area contributed by atoms with E-state index in [1.54, 1.807) is 4.31 Å². The smallest absolute Gasteiger partial charge is 0.220 e. The van der Waals surface area contributed by atoms with Gasteiger partial charge in [0.15, 0.2) is 0 Å². The van der Waals surface area contributed by atoms with E-state index < -0.39 is 10.0 Å². The largest absolute Gasteiger partial charge is 0.355 e. The molecule has 6 heteroatoms. The normalized spacial score (nSPS) is 17.3. The Morgan fingerprint density at radius 1 is 1.33 bits per heavy atom. The van der Waals surface area contributed by atoms with E-state index in [2.05, 4.69) is 5.32 Å². The van der Waals surface area contributed by atoms with Gasteiger partial charge in [-0.3, -0.25) is 4.79 Å². The standard InChI is InChI=1S/C12H24N2O3S/c1-3-6-12(15)13-9-10-14(18(2,16)17)11-7-4-5-8-11/h11H,3-10H2,1-2H3,(H,13,15). The Morgan fingerprint density at radius 3 is 2.44 bits per heavy atom. The monoisotopic (exact) mass is 276 g/mol. The highest BCUT2D eigenvalue weighted by molar-refractivity contribution is 7.88. The molecule has 0 unspecified atom stereocenters. The van der Waals surface area contributed by atoms with E-state index >= 15 is 0 Å². The zero-order valence-corrected chi connectivity index (χ0v) is 12.1. The minimum atomic E-state index is -3.18. The van der Waals surface area contributed by atoms with Gasteiger partial charge in [0.1, 0.15) is 0 Å². The van der Waals surface area contributed by atoms with Gasteiger partial charge in [-0.1, -0.05) is 19.8 Å². The first-order valence-electron chi connectivity index (χ1n) is 6.68. The highest BCUT2D eigenvalue weighted by Crippen LogP contribution is 2.24. The summed E-state index contributed by atoms with van der Waals surface area (Å²) in [7, 11) is -3.18. The molecule has 5 nitrogen and oxygen atoms in total. The molecule has 1 fully saturated rings. The minimum Gasteiger partial charge on any atom is -0.355 e. The van der Waals surface area contributed by atoms with Crippen molar-refractivity contribution in [3.8, 4) is 0 Å². The second-order valence-electron chi connectivity index (χ2n) is 4.91. The SMILES string of the molecule is CCCC(=O)NCCN(C1CCCC1)S(C)(=O)=O. The van der Waals surface area contributed by atoms with Gasteiger partial charge >= 0.3 is 0 Å². The fraction of sp³-hybridized carbons (Fsp3) is 0.917. The van der Waals surface area contributed by atoms with E-state index in [9.17, 15) is 13.2 Å². The molecule has 0 atom stereocenters. The van der Waals surface area contributed by atoms with Crippen LogP contribution in [0.1, 0.15) is 45.4 Å². The molecule has 1 aliphatic carbocycles. The van der Waals surface area contributed by atoms with E-state index in [4.69, 9.17) is 0 Å². The number of hydrogen-bond acceptors (Lipinski definition) is 3. The lowest BCUT2D eigenvalue weighted by Gasteiger charge is -2.26. The van der Waals surface area contributed by atoms with Gasteiger partial charge in [0, 0.05) is 25.6 Å². The van der Waals surface area contributed by atoms with Crippen molar-refractivity contribution in [3.05, 3.63) is 0 Å². The lowest BCUT2D eigenvalue weighted by atomic mass is 10.2. The maximum Gasteiger partial charge on any atom is 0.220 e. The van der Waals surface area contributed by atoms with Gasteiger partial charge in [0.25, 0.3) is 0 Å². The molecule has 0 aromatic rings. The molecule has 18 heavy (non-hydrogen) atoms. The van der Waals surface area contributed by atoms with Crippen LogP contribution in [-0.4, -0.2) is 44.0 Å². The van der Waals surface area contributed by atoms with Crippen LogP contribution >= 0.6 is 0 Å². The van der Waals surface area contributed by atoms with E-state index in [1.165, 1.54) is 6.26 Å². The molecule has 1 aliphatic rings. The zero-order valence-electron chi connectivity index (χ0n) is 11.3. The second kappa shape index (κ2) is 7.09. The zero-order chi connectivity index (χ0) is 13.6. The van der Waals surface area contributed by atoms with Crippen LogP contribution in [0, 0.1) is 0 Å². The molecule has 0 spiro atoms. The third-order valence-electron chi connectivity index (χ3n) is 3.29. The highest BCUT2D eigenvalue weighted by atomic mass is 32.2. The number of sulfonamides is 1. The Kier molecular flexibility index (Phi) is 6.08. The Labute approximate surface area is 110 Å². The lowest BCUT2D eigenvalue weighted by molar-refractivity contribution is -0.121. The van der Waals surface area contributed by atoms with Gasteiger partial charge in [0.2, 0.25) is 15.9 Å². The Morgan fingerprint density at radius 2 is 1.94 bits per heavy atom. The molecule has 1 N–H and O–H groups in total. The van der Waals surface area contributed by atoms with Crippen molar-refractivity contribution in [2.45, 2.75) is 51.5 Å².